The SMILES string of the molecule is CC(=O)N[C@@H]1[C@@H](OC(C)=O)[C@H](OC(C)=O)[C@@H](COC(C)=O)O[C@@H]1C[C@@H](O)C[C@H](N)C(=O)O. The molecular weight excluding hydrogens is 432 g/mol. The number of aliphatic hydroxyl groups is 1. The van der Waals surface area contributed by atoms with E-state index in [1.54, 1.807) is 0 Å². The van der Waals surface area contributed by atoms with Gasteiger partial charge in [0.05, 0.1) is 18.2 Å². The summed E-state index contributed by atoms with van der Waals surface area (Å²) in [4.78, 5) is 57.5. The van der Waals surface area contributed by atoms with Crippen molar-refractivity contribution in [2.75, 3.05) is 6.61 Å². The molecule has 0 saturated carbocycles. The van der Waals surface area contributed by atoms with Gasteiger partial charge in [-0.05, 0) is 6.42 Å². The molecule has 1 heterocycles. The number of carboxylic acids is 1. The van der Waals surface area contributed by atoms with Crippen molar-refractivity contribution in [2.24, 2.45) is 5.73 Å². The van der Waals surface area contributed by atoms with Crippen LogP contribution in [0.5, 0.6) is 0 Å². The Hall–Kier alpha value is -2.77. The fourth-order valence-corrected chi connectivity index (χ4v) is 3.38. The van der Waals surface area contributed by atoms with E-state index in [9.17, 15) is 29.1 Å². The van der Waals surface area contributed by atoms with E-state index in [2.05, 4.69) is 5.32 Å². The summed E-state index contributed by atoms with van der Waals surface area (Å²) >= 11 is 0. The van der Waals surface area contributed by atoms with Gasteiger partial charge in [0.15, 0.2) is 12.2 Å². The van der Waals surface area contributed by atoms with Crippen LogP contribution in [0.25, 0.3) is 0 Å². The smallest absolute Gasteiger partial charge is 0.320 e. The summed E-state index contributed by atoms with van der Waals surface area (Å²) in [6.45, 7) is 4.21. The summed E-state index contributed by atoms with van der Waals surface area (Å²) in [6, 6.07) is -2.42. The van der Waals surface area contributed by atoms with Gasteiger partial charge in [-0.15, -0.1) is 0 Å². The fraction of sp³-hybridized carbons (Fsp3) is 0.737. The average molecular weight is 462 g/mol. The lowest BCUT2D eigenvalue weighted by molar-refractivity contribution is -0.226. The van der Waals surface area contributed by atoms with Gasteiger partial charge in [-0.3, -0.25) is 24.0 Å². The molecule has 32 heavy (non-hydrogen) atoms. The van der Waals surface area contributed by atoms with Crippen molar-refractivity contribution in [3.05, 3.63) is 0 Å². The number of hydrogen-bond donors (Lipinski definition) is 4. The second-order valence-corrected chi connectivity index (χ2v) is 7.46. The van der Waals surface area contributed by atoms with Crippen molar-refractivity contribution >= 4 is 29.8 Å². The molecule has 1 rings (SSSR count). The van der Waals surface area contributed by atoms with Gasteiger partial charge < -0.3 is 40.2 Å². The van der Waals surface area contributed by atoms with E-state index in [1.165, 1.54) is 6.92 Å². The number of esters is 3. The number of ether oxygens (including phenoxy) is 4. The third-order valence-electron chi connectivity index (χ3n) is 4.57. The summed E-state index contributed by atoms with van der Waals surface area (Å²) in [5, 5.41) is 21.9. The van der Waals surface area contributed by atoms with Gasteiger partial charge in [-0.2, -0.15) is 0 Å². The predicted octanol–water partition coefficient (Wildman–Crippen LogP) is -1.76. The summed E-state index contributed by atoms with van der Waals surface area (Å²) in [7, 11) is 0. The highest BCUT2D eigenvalue weighted by atomic mass is 16.6. The number of amides is 1. The molecule has 5 N–H and O–H groups in total. The molecule has 0 aliphatic carbocycles. The van der Waals surface area contributed by atoms with Gasteiger partial charge >= 0.3 is 23.9 Å². The van der Waals surface area contributed by atoms with Crippen molar-refractivity contribution in [3.63, 3.8) is 0 Å². The average Bonchev–Trinajstić information content (AvgIpc) is 2.63. The summed E-state index contributed by atoms with van der Waals surface area (Å²) in [5.74, 6) is -3.98. The zero-order valence-corrected chi connectivity index (χ0v) is 18.3. The van der Waals surface area contributed by atoms with E-state index < -0.39 is 72.4 Å². The van der Waals surface area contributed by atoms with Gasteiger partial charge in [0, 0.05) is 34.1 Å². The van der Waals surface area contributed by atoms with E-state index in [1.807, 2.05) is 0 Å². The van der Waals surface area contributed by atoms with Gasteiger partial charge in [0.1, 0.15) is 18.8 Å². The standard InChI is InChI=1S/C19H30N2O11/c1-8(22)21-16-14(6-12(26)5-13(20)19(27)28)32-15(7-29-9(2)23)17(30-10(3)24)18(16)31-11(4)25/h12-18,26H,5-7,20H2,1-4H3,(H,21,22)(H,27,28)/t12-,13-,14+,15+,16-,17+,18+/m0/s1. The first-order valence-electron chi connectivity index (χ1n) is 9.88. The molecule has 182 valence electrons. The molecule has 1 saturated heterocycles. The minimum absolute atomic E-state index is 0.215. The molecule has 0 unspecified atom stereocenters. The van der Waals surface area contributed by atoms with Crippen LogP contribution in [-0.4, -0.2) is 89.2 Å². The predicted molar refractivity (Wildman–Crippen MR) is 105 cm³/mol. The van der Waals surface area contributed by atoms with Crippen molar-refractivity contribution < 1.29 is 53.1 Å². The maximum absolute atomic E-state index is 11.8. The van der Waals surface area contributed by atoms with E-state index in [0.29, 0.717) is 0 Å². The number of nitrogens with one attached hydrogen (secondary N) is 1. The Balaban J connectivity index is 3.29. The van der Waals surface area contributed by atoms with Gasteiger partial charge in [0.25, 0.3) is 0 Å². The molecule has 0 aromatic rings. The number of rotatable bonds is 10. The Kier molecular flexibility index (Phi) is 10.5. The molecule has 0 aromatic carbocycles. The highest BCUT2D eigenvalue weighted by Crippen LogP contribution is 2.30. The minimum atomic E-state index is -1.34. The first-order chi connectivity index (χ1) is 14.8. The van der Waals surface area contributed by atoms with Crippen LogP contribution in [0.2, 0.25) is 0 Å². The number of hydrogen-bond acceptors (Lipinski definition) is 11. The molecule has 0 bridgehead atoms. The zero-order valence-electron chi connectivity index (χ0n) is 18.3. The topological polar surface area (TPSA) is 201 Å². The molecule has 1 amide bonds. The Morgan fingerprint density at radius 2 is 1.53 bits per heavy atom. The summed E-state index contributed by atoms with van der Waals surface area (Å²) in [6.07, 6.45) is -6.44. The quantitative estimate of drug-likeness (QED) is 0.211. The normalized spacial score (nSPS) is 26.9. The summed E-state index contributed by atoms with van der Waals surface area (Å²) in [5.41, 5.74) is 5.46. The molecule has 7 atom stereocenters. The Bertz CT molecular complexity index is 713. The molecule has 0 spiro atoms. The molecule has 0 radical (unpaired) electrons. The maximum Gasteiger partial charge on any atom is 0.320 e. The molecule has 13 nitrogen and oxygen atoms in total. The number of aliphatic carboxylic acids is 1. The van der Waals surface area contributed by atoms with Crippen molar-refractivity contribution in [1.82, 2.24) is 5.32 Å². The second-order valence-electron chi connectivity index (χ2n) is 7.46. The Labute approximate surface area is 184 Å². The first-order valence-corrected chi connectivity index (χ1v) is 9.88. The number of carbonyl (C=O) groups excluding carboxylic acids is 4. The van der Waals surface area contributed by atoms with Crippen LogP contribution < -0.4 is 11.1 Å². The minimum Gasteiger partial charge on any atom is -0.480 e. The van der Waals surface area contributed by atoms with E-state index in [-0.39, 0.29) is 19.4 Å². The number of aliphatic hydroxyl groups excluding tert-OH is 1. The molecule has 1 aliphatic rings. The Morgan fingerprint density at radius 3 is 2.00 bits per heavy atom. The highest BCUT2D eigenvalue weighted by molar-refractivity contribution is 5.74. The fourth-order valence-electron chi connectivity index (χ4n) is 3.38. The van der Waals surface area contributed by atoms with Crippen LogP contribution >= 0.6 is 0 Å². The van der Waals surface area contributed by atoms with Crippen molar-refractivity contribution in [2.45, 2.75) is 83.1 Å². The highest BCUT2D eigenvalue weighted by Gasteiger charge is 2.51. The lowest BCUT2D eigenvalue weighted by Gasteiger charge is -2.46. The van der Waals surface area contributed by atoms with Crippen LogP contribution in [0.1, 0.15) is 40.5 Å². The molecule has 0 aromatic heterocycles. The van der Waals surface area contributed by atoms with Crippen LogP contribution in [-0.2, 0) is 42.9 Å². The van der Waals surface area contributed by atoms with Crippen molar-refractivity contribution in [1.29, 1.82) is 0 Å². The van der Waals surface area contributed by atoms with Crippen LogP contribution in [0, 0.1) is 0 Å². The van der Waals surface area contributed by atoms with Gasteiger partial charge in [-0.1, -0.05) is 0 Å². The summed E-state index contributed by atoms with van der Waals surface area (Å²) < 4.78 is 21.4. The first kappa shape index (κ1) is 27.3. The lowest BCUT2D eigenvalue weighted by Crippen LogP contribution is -2.66. The lowest BCUT2D eigenvalue weighted by atomic mass is 9.88. The molecule has 1 aliphatic heterocycles. The monoisotopic (exact) mass is 462 g/mol. The van der Waals surface area contributed by atoms with E-state index in [4.69, 9.17) is 29.8 Å². The largest absolute Gasteiger partial charge is 0.480 e. The van der Waals surface area contributed by atoms with E-state index >= 15 is 0 Å². The third-order valence-corrected chi connectivity index (χ3v) is 4.57. The maximum atomic E-state index is 11.8. The Morgan fingerprint density at radius 1 is 0.969 bits per heavy atom. The van der Waals surface area contributed by atoms with Crippen LogP contribution in [0.4, 0.5) is 0 Å². The number of carbonyl (C=O) groups is 5. The third kappa shape index (κ3) is 8.77. The number of carboxylic acid groups (broad SMARTS) is 1. The van der Waals surface area contributed by atoms with Gasteiger partial charge in [0.2, 0.25) is 5.91 Å². The van der Waals surface area contributed by atoms with Crippen molar-refractivity contribution in [3.8, 4) is 0 Å². The molecule has 13 heteroatoms. The van der Waals surface area contributed by atoms with Crippen LogP contribution in [0.3, 0.4) is 0 Å². The number of nitrogens with two attached hydrogens (primary N) is 1. The van der Waals surface area contributed by atoms with Gasteiger partial charge in [-0.25, -0.2) is 0 Å². The zero-order chi connectivity index (χ0) is 24.6. The van der Waals surface area contributed by atoms with Crippen LogP contribution in [0.15, 0.2) is 0 Å². The second kappa shape index (κ2) is 12.3. The van der Waals surface area contributed by atoms with E-state index in [0.717, 1.165) is 20.8 Å². The molecular formula is C19H30N2O11. The molecule has 1 fully saturated rings.